The Labute approximate surface area is 151 Å². The van der Waals surface area contributed by atoms with E-state index in [2.05, 4.69) is 10.6 Å². The SMILES string of the molecule is O=C(CNC(=O)c1c(Cl)cccc1[N+](=O)[O-])NC1(C(=O)O)CCSC1. The van der Waals surface area contributed by atoms with Crippen molar-refractivity contribution in [3.05, 3.63) is 38.9 Å². The van der Waals surface area contributed by atoms with Gasteiger partial charge >= 0.3 is 5.97 Å². The van der Waals surface area contributed by atoms with Crippen LogP contribution in [0.15, 0.2) is 18.2 Å². The van der Waals surface area contributed by atoms with Crippen LogP contribution >= 0.6 is 23.4 Å². The summed E-state index contributed by atoms with van der Waals surface area (Å²) in [6.07, 6.45) is 0.280. The lowest BCUT2D eigenvalue weighted by molar-refractivity contribution is -0.385. The first-order valence-electron chi connectivity index (χ1n) is 7.10. The fourth-order valence-electron chi connectivity index (χ4n) is 2.34. The van der Waals surface area contributed by atoms with E-state index in [-0.39, 0.29) is 22.8 Å². The Hall–Kier alpha value is -2.33. The molecule has 0 aromatic heterocycles. The van der Waals surface area contributed by atoms with E-state index in [4.69, 9.17) is 11.6 Å². The minimum absolute atomic E-state index is 0.124. The highest BCUT2D eigenvalue weighted by Crippen LogP contribution is 2.28. The molecule has 1 saturated heterocycles. The number of benzene rings is 1. The van der Waals surface area contributed by atoms with Crippen molar-refractivity contribution in [1.82, 2.24) is 10.6 Å². The minimum Gasteiger partial charge on any atom is -0.479 e. The van der Waals surface area contributed by atoms with Crippen molar-refractivity contribution in [2.24, 2.45) is 0 Å². The predicted octanol–water partition coefficient (Wildman–Crippen LogP) is 1.05. The summed E-state index contributed by atoms with van der Waals surface area (Å²) in [5.41, 5.74) is -2.20. The van der Waals surface area contributed by atoms with E-state index in [0.29, 0.717) is 5.75 Å². The molecular weight excluding hydrogens is 374 g/mol. The average Bonchev–Trinajstić information content (AvgIpc) is 3.02. The van der Waals surface area contributed by atoms with Crippen LogP contribution in [0.3, 0.4) is 0 Å². The first-order valence-corrected chi connectivity index (χ1v) is 8.63. The van der Waals surface area contributed by atoms with Crippen LogP contribution in [-0.4, -0.2) is 51.4 Å². The molecule has 0 saturated carbocycles. The highest BCUT2D eigenvalue weighted by atomic mass is 35.5. The lowest BCUT2D eigenvalue weighted by Crippen LogP contribution is -2.56. The fraction of sp³-hybridized carbons (Fsp3) is 0.357. The number of amides is 2. The molecule has 9 nitrogen and oxygen atoms in total. The van der Waals surface area contributed by atoms with Gasteiger partial charge in [-0.3, -0.25) is 19.7 Å². The number of hydrogen-bond acceptors (Lipinski definition) is 6. The van der Waals surface area contributed by atoms with Gasteiger partial charge in [0, 0.05) is 11.8 Å². The molecule has 1 aliphatic rings. The molecule has 2 rings (SSSR count). The maximum Gasteiger partial charge on any atom is 0.330 e. The second kappa shape index (κ2) is 7.70. The van der Waals surface area contributed by atoms with Gasteiger partial charge in [0.2, 0.25) is 5.91 Å². The molecule has 0 spiro atoms. The van der Waals surface area contributed by atoms with Crippen LogP contribution in [0.1, 0.15) is 16.8 Å². The fourth-order valence-corrected chi connectivity index (χ4v) is 3.92. The van der Waals surface area contributed by atoms with Gasteiger partial charge < -0.3 is 15.7 Å². The second-order valence-corrected chi connectivity index (χ2v) is 6.82. The van der Waals surface area contributed by atoms with Gasteiger partial charge in [-0.15, -0.1) is 0 Å². The monoisotopic (exact) mass is 387 g/mol. The van der Waals surface area contributed by atoms with Crippen molar-refractivity contribution in [3.63, 3.8) is 0 Å². The summed E-state index contributed by atoms with van der Waals surface area (Å²) < 4.78 is 0. The van der Waals surface area contributed by atoms with Crippen LogP contribution in [0.2, 0.25) is 5.02 Å². The van der Waals surface area contributed by atoms with Crippen LogP contribution in [0.4, 0.5) is 5.69 Å². The number of carbonyl (C=O) groups is 3. The number of thioether (sulfide) groups is 1. The van der Waals surface area contributed by atoms with E-state index in [1.165, 1.54) is 23.9 Å². The van der Waals surface area contributed by atoms with Gasteiger partial charge in [0.15, 0.2) is 0 Å². The molecule has 1 aromatic carbocycles. The molecule has 1 aliphatic heterocycles. The summed E-state index contributed by atoms with van der Waals surface area (Å²) in [7, 11) is 0. The van der Waals surface area contributed by atoms with Crippen molar-refractivity contribution in [2.75, 3.05) is 18.1 Å². The van der Waals surface area contributed by atoms with Crippen molar-refractivity contribution in [3.8, 4) is 0 Å². The van der Waals surface area contributed by atoms with E-state index in [1.54, 1.807) is 0 Å². The van der Waals surface area contributed by atoms with Crippen LogP contribution < -0.4 is 10.6 Å². The van der Waals surface area contributed by atoms with Crippen molar-refractivity contribution >= 4 is 46.8 Å². The number of carbonyl (C=O) groups excluding carboxylic acids is 2. The summed E-state index contributed by atoms with van der Waals surface area (Å²) >= 11 is 7.24. The zero-order valence-electron chi connectivity index (χ0n) is 12.8. The van der Waals surface area contributed by atoms with Crippen LogP contribution in [0.25, 0.3) is 0 Å². The zero-order chi connectivity index (χ0) is 18.6. The topological polar surface area (TPSA) is 139 Å². The largest absolute Gasteiger partial charge is 0.479 e. The minimum atomic E-state index is -1.36. The number of nitro groups is 1. The molecule has 1 aromatic rings. The Morgan fingerprint density at radius 3 is 2.68 bits per heavy atom. The Morgan fingerprint density at radius 1 is 1.40 bits per heavy atom. The summed E-state index contributed by atoms with van der Waals surface area (Å²) in [6, 6.07) is 3.77. The Balaban J connectivity index is 2.04. The van der Waals surface area contributed by atoms with Gasteiger partial charge in [-0.05, 0) is 18.2 Å². The smallest absolute Gasteiger partial charge is 0.330 e. The third kappa shape index (κ3) is 4.20. The molecular formula is C14H14ClN3O6S. The van der Waals surface area contributed by atoms with E-state index >= 15 is 0 Å². The Bertz CT molecular complexity index is 735. The van der Waals surface area contributed by atoms with Crippen LogP contribution in [0.5, 0.6) is 0 Å². The molecule has 3 N–H and O–H groups in total. The molecule has 25 heavy (non-hydrogen) atoms. The summed E-state index contributed by atoms with van der Waals surface area (Å²) in [5, 5.41) is 24.8. The number of rotatable bonds is 6. The number of nitrogens with zero attached hydrogens (tertiary/aromatic N) is 1. The standard InChI is InChI=1S/C14H14ClN3O6S/c15-8-2-1-3-9(18(23)24)11(8)12(20)16-6-10(19)17-14(13(21)22)4-5-25-7-14/h1-3H,4-7H2,(H,16,20)(H,17,19)(H,21,22). The molecule has 134 valence electrons. The highest BCUT2D eigenvalue weighted by molar-refractivity contribution is 7.99. The molecule has 2 amide bonds. The Kier molecular flexibility index (Phi) is 5.85. The number of hydrogen-bond donors (Lipinski definition) is 3. The normalized spacial score (nSPS) is 19.2. The van der Waals surface area contributed by atoms with E-state index in [0.717, 1.165) is 6.07 Å². The summed E-state index contributed by atoms with van der Waals surface area (Å²) in [6.45, 7) is -0.527. The maximum atomic E-state index is 12.1. The highest BCUT2D eigenvalue weighted by Gasteiger charge is 2.43. The lowest BCUT2D eigenvalue weighted by atomic mass is 9.99. The third-order valence-electron chi connectivity index (χ3n) is 3.63. The van der Waals surface area contributed by atoms with Gasteiger partial charge in [-0.1, -0.05) is 17.7 Å². The van der Waals surface area contributed by atoms with Gasteiger partial charge in [-0.2, -0.15) is 11.8 Å². The summed E-state index contributed by atoms with van der Waals surface area (Å²) in [4.78, 5) is 45.7. The van der Waals surface area contributed by atoms with Gasteiger partial charge in [-0.25, -0.2) is 4.79 Å². The number of carboxylic acids is 1. The predicted molar refractivity (Wildman–Crippen MR) is 90.9 cm³/mol. The van der Waals surface area contributed by atoms with Crippen molar-refractivity contribution < 1.29 is 24.4 Å². The average molecular weight is 388 g/mol. The quantitative estimate of drug-likeness (QED) is 0.489. The first-order chi connectivity index (χ1) is 11.8. The van der Waals surface area contributed by atoms with E-state index < -0.39 is 40.5 Å². The molecule has 0 radical (unpaired) electrons. The van der Waals surface area contributed by atoms with Gasteiger partial charge in [0.1, 0.15) is 11.1 Å². The van der Waals surface area contributed by atoms with Crippen LogP contribution in [0, 0.1) is 10.1 Å². The number of halogens is 1. The molecule has 1 unspecified atom stereocenters. The third-order valence-corrected chi connectivity index (χ3v) is 5.14. The first kappa shape index (κ1) is 19.0. The molecule has 0 bridgehead atoms. The number of nitro benzene ring substituents is 1. The zero-order valence-corrected chi connectivity index (χ0v) is 14.4. The number of carboxylic acid groups (broad SMARTS) is 1. The van der Waals surface area contributed by atoms with Crippen molar-refractivity contribution in [1.29, 1.82) is 0 Å². The number of aliphatic carboxylic acids is 1. The summed E-state index contributed by atoms with van der Waals surface area (Å²) in [5.74, 6) is -1.90. The maximum absolute atomic E-state index is 12.1. The van der Waals surface area contributed by atoms with E-state index in [9.17, 15) is 29.6 Å². The second-order valence-electron chi connectivity index (χ2n) is 5.31. The van der Waals surface area contributed by atoms with Crippen LogP contribution in [-0.2, 0) is 9.59 Å². The lowest BCUT2D eigenvalue weighted by Gasteiger charge is -2.24. The van der Waals surface area contributed by atoms with Gasteiger partial charge in [0.05, 0.1) is 16.5 Å². The van der Waals surface area contributed by atoms with Gasteiger partial charge in [0.25, 0.3) is 11.6 Å². The number of nitrogens with one attached hydrogen (secondary N) is 2. The molecule has 1 heterocycles. The molecule has 0 aliphatic carbocycles. The van der Waals surface area contributed by atoms with Crippen molar-refractivity contribution in [2.45, 2.75) is 12.0 Å². The molecule has 11 heteroatoms. The molecule has 1 atom stereocenters. The molecule has 1 fully saturated rings. The Morgan fingerprint density at radius 2 is 2.12 bits per heavy atom. The van der Waals surface area contributed by atoms with E-state index in [1.807, 2.05) is 0 Å².